The van der Waals surface area contributed by atoms with E-state index in [0.717, 1.165) is 0 Å². The van der Waals surface area contributed by atoms with Gasteiger partial charge >= 0.3 is 11.9 Å². The van der Waals surface area contributed by atoms with Crippen molar-refractivity contribution >= 4 is 29.7 Å². The highest BCUT2D eigenvalue weighted by atomic mass is 16.4. The summed E-state index contributed by atoms with van der Waals surface area (Å²) in [6.07, 6.45) is -2.20. The number of rotatable bonds is 14. The summed E-state index contributed by atoms with van der Waals surface area (Å²) in [5, 5.41) is 43.5. The topological polar surface area (TPSA) is 228 Å². The van der Waals surface area contributed by atoms with Gasteiger partial charge in [0.1, 0.15) is 24.2 Å². The Hall–Kier alpha value is -2.77. The molecular weight excluding hydrogens is 416 g/mol. The average Bonchev–Trinajstić information content (AvgIpc) is 2.66. The van der Waals surface area contributed by atoms with Gasteiger partial charge in [0.25, 0.3) is 0 Å². The smallest absolute Gasteiger partial charge is 0.326 e. The summed E-state index contributed by atoms with van der Waals surface area (Å²) in [5.41, 5.74) is 5.43. The first-order valence-corrected chi connectivity index (χ1v) is 9.70. The summed E-state index contributed by atoms with van der Waals surface area (Å²) < 4.78 is 0. The van der Waals surface area contributed by atoms with Gasteiger partial charge in [-0.3, -0.25) is 19.2 Å². The molecule has 0 aromatic rings. The van der Waals surface area contributed by atoms with Crippen LogP contribution in [-0.4, -0.2) is 87.0 Å². The summed E-state index contributed by atoms with van der Waals surface area (Å²) >= 11 is 0. The van der Waals surface area contributed by atoms with Crippen LogP contribution in [0.1, 0.15) is 40.0 Å². The molecular formula is C18H32N4O9. The van der Waals surface area contributed by atoms with E-state index in [1.54, 1.807) is 13.8 Å². The predicted molar refractivity (Wildman–Crippen MR) is 106 cm³/mol. The number of hydrogen-bond donors (Lipinski definition) is 8. The van der Waals surface area contributed by atoms with Gasteiger partial charge in [-0.05, 0) is 25.7 Å². The Bertz CT molecular complexity index is 654. The second-order valence-electron chi connectivity index (χ2n) is 7.54. The monoisotopic (exact) mass is 448 g/mol. The zero-order valence-electron chi connectivity index (χ0n) is 17.7. The Morgan fingerprint density at radius 2 is 1.42 bits per heavy atom. The van der Waals surface area contributed by atoms with Gasteiger partial charge in [0, 0.05) is 6.42 Å². The van der Waals surface area contributed by atoms with E-state index in [0.29, 0.717) is 0 Å². The lowest BCUT2D eigenvalue weighted by molar-refractivity contribution is -0.144. The van der Waals surface area contributed by atoms with Crippen LogP contribution < -0.4 is 21.7 Å². The van der Waals surface area contributed by atoms with Gasteiger partial charge < -0.3 is 42.1 Å². The first-order valence-electron chi connectivity index (χ1n) is 9.70. The molecule has 0 aliphatic rings. The average molecular weight is 448 g/mol. The molecule has 178 valence electrons. The fourth-order valence-electron chi connectivity index (χ4n) is 2.51. The van der Waals surface area contributed by atoms with Crippen molar-refractivity contribution in [3.63, 3.8) is 0 Å². The zero-order valence-corrected chi connectivity index (χ0v) is 17.7. The van der Waals surface area contributed by atoms with Crippen molar-refractivity contribution in [1.29, 1.82) is 0 Å². The minimum atomic E-state index is -1.57. The summed E-state index contributed by atoms with van der Waals surface area (Å²) in [5.74, 6) is -5.45. The largest absolute Gasteiger partial charge is 0.481 e. The molecule has 0 rings (SSSR count). The maximum Gasteiger partial charge on any atom is 0.326 e. The van der Waals surface area contributed by atoms with Gasteiger partial charge in [-0.15, -0.1) is 0 Å². The van der Waals surface area contributed by atoms with Crippen molar-refractivity contribution in [2.75, 3.05) is 6.61 Å². The Morgan fingerprint density at radius 1 is 0.871 bits per heavy atom. The molecule has 0 heterocycles. The molecule has 9 N–H and O–H groups in total. The van der Waals surface area contributed by atoms with Gasteiger partial charge in [0.2, 0.25) is 17.7 Å². The fraction of sp³-hybridized carbons (Fsp3) is 0.722. The molecule has 3 amide bonds. The number of nitrogens with two attached hydrogens (primary N) is 1. The standard InChI is InChI=1S/C18H32N4O9/c1-8(2)6-12(21-15(27)10(19)7-23)16(28)22-14(9(3)24)17(29)20-11(18(30)31)4-5-13(25)26/h8-12,14,23-24H,4-7,19H2,1-3H3,(H,20,29)(H,21,27)(H,22,28)(H,25,26)(H,30,31). The maximum atomic E-state index is 12.7. The maximum absolute atomic E-state index is 12.7. The van der Waals surface area contributed by atoms with Gasteiger partial charge in [-0.25, -0.2) is 4.79 Å². The Balaban J connectivity index is 5.37. The number of hydrogen-bond acceptors (Lipinski definition) is 8. The van der Waals surface area contributed by atoms with Gasteiger partial charge in [-0.2, -0.15) is 0 Å². The summed E-state index contributed by atoms with van der Waals surface area (Å²) in [6, 6.07) is -5.52. The molecule has 0 aliphatic carbocycles. The number of carbonyl (C=O) groups is 5. The van der Waals surface area contributed by atoms with Crippen molar-refractivity contribution < 1.29 is 44.4 Å². The molecule has 0 aliphatic heterocycles. The van der Waals surface area contributed by atoms with Crippen molar-refractivity contribution in [2.45, 2.75) is 70.3 Å². The van der Waals surface area contributed by atoms with E-state index in [-0.39, 0.29) is 12.3 Å². The lowest BCUT2D eigenvalue weighted by atomic mass is 10.0. The highest BCUT2D eigenvalue weighted by molar-refractivity contribution is 5.94. The number of aliphatic hydroxyl groups is 2. The third kappa shape index (κ3) is 10.7. The minimum absolute atomic E-state index is 0.0624. The molecule has 0 saturated carbocycles. The van der Waals surface area contributed by atoms with E-state index in [1.165, 1.54) is 6.92 Å². The molecule has 13 nitrogen and oxygen atoms in total. The normalized spacial score (nSPS) is 15.8. The number of carbonyl (C=O) groups excluding carboxylic acids is 3. The summed E-state index contributed by atoms with van der Waals surface area (Å²) in [7, 11) is 0. The van der Waals surface area contributed by atoms with E-state index >= 15 is 0 Å². The predicted octanol–water partition coefficient (Wildman–Crippen LogP) is -2.86. The molecule has 0 radical (unpaired) electrons. The van der Waals surface area contributed by atoms with Crippen LogP contribution in [0.2, 0.25) is 0 Å². The second kappa shape index (κ2) is 13.5. The SMILES string of the molecule is CC(C)CC(NC(=O)C(N)CO)C(=O)NC(C(=O)NC(CCC(=O)O)C(=O)O)C(C)O. The highest BCUT2D eigenvalue weighted by Crippen LogP contribution is 2.07. The van der Waals surface area contributed by atoms with Crippen LogP contribution in [-0.2, 0) is 24.0 Å². The molecule has 5 unspecified atom stereocenters. The van der Waals surface area contributed by atoms with Crippen LogP contribution in [0.3, 0.4) is 0 Å². The number of aliphatic carboxylic acids is 2. The number of amides is 3. The molecule has 0 aromatic carbocycles. The van der Waals surface area contributed by atoms with Crippen molar-refractivity contribution in [1.82, 2.24) is 16.0 Å². The van der Waals surface area contributed by atoms with Gasteiger partial charge in [0.05, 0.1) is 12.7 Å². The summed E-state index contributed by atoms with van der Waals surface area (Å²) in [6.45, 7) is 4.09. The first-order chi connectivity index (χ1) is 14.3. The highest BCUT2D eigenvalue weighted by Gasteiger charge is 2.33. The van der Waals surface area contributed by atoms with Crippen LogP contribution in [0.4, 0.5) is 0 Å². The van der Waals surface area contributed by atoms with Crippen LogP contribution in [0.25, 0.3) is 0 Å². The Labute approximate surface area is 179 Å². The number of aliphatic hydroxyl groups excluding tert-OH is 2. The minimum Gasteiger partial charge on any atom is -0.481 e. The van der Waals surface area contributed by atoms with Gasteiger partial charge in [0.15, 0.2) is 0 Å². The zero-order chi connectivity index (χ0) is 24.3. The third-order valence-corrected chi connectivity index (χ3v) is 4.20. The van der Waals surface area contributed by atoms with E-state index in [4.69, 9.17) is 21.1 Å². The van der Waals surface area contributed by atoms with E-state index in [2.05, 4.69) is 16.0 Å². The Morgan fingerprint density at radius 3 is 1.84 bits per heavy atom. The van der Waals surface area contributed by atoms with Gasteiger partial charge in [-0.1, -0.05) is 13.8 Å². The fourth-order valence-corrected chi connectivity index (χ4v) is 2.51. The first kappa shape index (κ1) is 28.2. The summed E-state index contributed by atoms with van der Waals surface area (Å²) in [4.78, 5) is 59.0. The molecule has 0 aromatic heterocycles. The molecule has 0 fully saturated rings. The van der Waals surface area contributed by atoms with Crippen molar-refractivity contribution in [2.24, 2.45) is 11.7 Å². The molecule has 0 bridgehead atoms. The lowest BCUT2D eigenvalue weighted by Gasteiger charge is -2.27. The second-order valence-corrected chi connectivity index (χ2v) is 7.54. The molecule has 5 atom stereocenters. The molecule has 13 heteroatoms. The van der Waals surface area contributed by atoms with Crippen LogP contribution in [0, 0.1) is 5.92 Å². The lowest BCUT2D eigenvalue weighted by Crippen LogP contribution is -2.60. The number of carboxylic acids is 2. The Kier molecular flexibility index (Phi) is 12.3. The van der Waals surface area contributed by atoms with E-state index < -0.39 is 79.4 Å². The van der Waals surface area contributed by atoms with E-state index in [1.807, 2.05) is 0 Å². The molecule has 31 heavy (non-hydrogen) atoms. The van der Waals surface area contributed by atoms with Crippen LogP contribution in [0.15, 0.2) is 0 Å². The number of nitrogens with one attached hydrogen (secondary N) is 3. The molecule has 0 saturated heterocycles. The number of carboxylic acid groups (broad SMARTS) is 2. The van der Waals surface area contributed by atoms with Crippen molar-refractivity contribution in [3.05, 3.63) is 0 Å². The van der Waals surface area contributed by atoms with E-state index in [9.17, 15) is 29.1 Å². The molecule has 0 spiro atoms. The third-order valence-electron chi connectivity index (χ3n) is 4.20. The van der Waals surface area contributed by atoms with Crippen LogP contribution >= 0.6 is 0 Å². The quantitative estimate of drug-likeness (QED) is 0.135. The van der Waals surface area contributed by atoms with Crippen LogP contribution in [0.5, 0.6) is 0 Å². The van der Waals surface area contributed by atoms with Crippen molar-refractivity contribution in [3.8, 4) is 0 Å².